The molecular formula is C24H21ClN2O3. The van der Waals surface area contributed by atoms with Crippen LogP contribution in [-0.4, -0.2) is 18.9 Å². The van der Waals surface area contributed by atoms with Gasteiger partial charge in [0.25, 0.3) is 5.91 Å². The van der Waals surface area contributed by atoms with Gasteiger partial charge in [-0.25, -0.2) is 0 Å². The van der Waals surface area contributed by atoms with Gasteiger partial charge in [0.15, 0.2) is 5.54 Å². The summed E-state index contributed by atoms with van der Waals surface area (Å²) in [5.41, 5.74) is 1.82. The minimum absolute atomic E-state index is 0.0691. The number of ether oxygens (including phenoxy) is 1. The summed E-state index contributed by atoms with van der Waals surface area (Å²) < 4.78 is 5.26. The van der Waals surface area contributed by atoms with Crippen molar-refractivity contribution < 1.29 is 14.3 Å². The van der Waals surface area contributed by atoms with Crippen LogP contribution in [0.25, 0.3) is 0 Å². The number of aryl methyl sites for hydroxylation is 1. The predicted octanol–water partition coefficient (Wildman–Crippen LogP) is 4.93. The van der Waals surface area contributed by atoms with Gasteiger partial charge < -0.3 is 10.1 Å². The van der Waals surface area contributed by atoms with Crippen LogP contribution >= 0.6 is 11.6 Å². The molecule has 6 heteroatoms. The zero-order valence-corrected chi connectivity index (χ0v) is 17.4. The molecule has 0 radical (unpaired) electrons. The Labute approximate surface area is 180 Å². The lowest BCUT2D eigenvalue weighted by Crippen LogP contribution is -2.67. The standard InChI is InChI=1S/C24H21ClN2O3/c1-16-5-3-4-6-21(16)26-23(29)24(17-7-13-20(30-2)14-8-17)15-22(28)27(24)19-11-9-18(25)10-12-19/h3-14H,15H2,1-2H3,(H,26,29)/t24-/m0/s1. The molecule has 1 heterocycles. The van der Waals surface area contributed by atoms with Crippen LogP contribution in [-0.2, 0) is 15.1 Å². The van der Waals surface area contributed by atoms with Crippen molar-refractivity contribution in [2.75, 3.05) is 17.3 Å². The highest BCUT2D eigenvalue weighted by molar-refractivity contribution is 6.30. The molecular weight excluding hydrogens is 400 g/mol. The number of rotatable bonds is 5. The SMILES string of the molecule is COc1ccc([C@]2(C(=O)Nc3ccccc3C)CC(=O)N2c2ccc(Cl)cc2)cc1. The highest BCUT2D eigenvalue weighted by Crippen LogP contribution is 2.46. The maximum absolute atomic E-state index is 13.7. The molecule has 5 nitrogen and oxygen atoms in total. The third-order valence-corrected chi connectivity index (χ3v) is 5.71. The Morgan fingerprint density at radius 1 is 1.03 bits per heavy atom. The molecule has 3 aromatic carbocycles. The van der Waals surface area contributed by atoms with E-state index in [-0.39, 0.29) is 18.2 Å². The summed E-state index contributed by atoms with van der Waals surface area (Å²) in [6.45, 7) is 1.93. The van der Waals surface area contributed by atoms with Gasteiger partial charge in [-0.3, -0.25) is 14.5 Å². The third kappa shape index (κ3) is 3.31. The van der Waals surface area contributed by atoms with Crippen molar-refractivity contribution in [3.8, 4) is 5.75 Å². The van der Waals surface area contributed by atoms with Crippen LogP contribution in [0.3, 0.4) is 0 Å². The second-order valence-electron chi connectivity index (χ2n) is 7.24. The molecule has 4 rings (SSSR count). The van der Waals surface area contributed by atoms with Gasteiger partial charge in [0, 0.05) is 16.4 Å². The highest BCUT2D eigenvalue weighted by Gasteiger charge is 2.58. The fraction of sp³-hybridized carbons (Fsp3) is 0.167. The first-order valence-electron chi connectivity index (χ1n) is 9.56. The number of β-lactam (4-membered cyclic amide) rings is 1. The molecule has 0 aromatic heterocycles. The molecule has 30 heavy (non-hydrogen) atoms. The number of hydrogen-bond acceptors (Lipinski definition) is 3. The van der Waals surface area contributed by atoms with Gasteiger partial charge in [-0.05, 0) is 60.5 Å². The molecule has 0 saturated carbocycles. The molecule has 1 aliphatic rings. The van der Waals surface area contributed by atoms with Gasteiger partial charge in [-0.1, -0.05) is 41.9 Å². The van der Waals surface area contributed by atoms with Crippen LogP contribution in [0.4, 0.5) is 11.4 Å². The monoisotopic (exact) mass is 420 g/mol. The predicted molar refractivity (Wildman–Crippen MR) is 118 cm³/mol. The number of halogens is 1. The molecule has 0 bridgehead atoms. The lowest BCUT2D eigenvalue weighted by Gasteiger charge is -2.50. The summed E-state index contributed by atoms with van der Waals surface area (Å²) in [6, 6.07) is 21.7. The normalized spacial score (nSPS) is 18.0. The summed E-state index contributed by atoms with van der Waals surface area (Å²) in [7, 11) is 1.59. The Bertz CT molecular complexity index is 1100. The first-order chi connectivity index (χ1) is 14.5. The zero-order chi connectivity index (χ0) is 21.3. The number of carbonyl (C=O) groups excluding carboxylic acids is 2. The van der Waals surface area contributed by atoms with Crippen molar-refractivity contribution >= 4 is 34.8 Å². The number of anilines is 2. The van der Waals surface area contributed by atoms with E-state index in [1.165, 1.54) is 0 Å². The van der Waals surface area contributed by atoms with E-state index in [1.54, 1.807) is 48.4 Å². The second kappa shape index (κ2) is 7.84. The zero-order valence-electron chi connectivity index (χ0n) is 16.7. The maximum atomic E-state index is 13.7. The smallest absolute Gasteiger partial charge is 0.255 e. The van der Waals surface area contributed by atoms with Crippen LogP contribution in [0, 0.1) is 6.92 Å². The molecule has 1 atom stereocenters. The number of nitrogens with zero attached hydrogens (tertiary/aromatic N) is 1. The average Bonchev–Trinajstić information content (AvgIpc) is 2.75. The highest BCUT2D eigenvalue weighted by atomic mass is 35.5. The summed E-state index contributed by atoms with van der Waals surface area (Å²) in [5.74, 6) is 0.279. The molecule has 0 spiro atoms. The summed E-state index contributed by atoms with van der Waals surface area (Å²) in [6.07, 6.45) is 0.0691. The average molecular weight is 421 g/mol. The largest absolute Gasteiger partial charge is 0.497 e. The van der Waals surface area contributed by atoms with E-state index in [0.29, 0.717) is 27.7 Å². The molecule has 2 amide bonds. The molecule has 0 unspecified atom stereocenters. The molecule has 1 N–H and O–H groups in total. The number of methoxy groups -OCH3 is 1. The first-order valence-corrected chi connectivity index (χ1v) is 9.94. The van der Waals surface area contributed by atoms with Crippen LogP contribution in [0.2, 0.25) is 5.02 Å². The number of carbonyl (C=O) groups is 2. The molecule has 0 aliphatic carbocycles. The molecule has 1 fully saturated rings. The summed E-state index contributed by atoms with van der Waals surface area (Å²) >= 11 is 6.03. The van der Waals surface area contributed by atoms with E-state index < -0.39 is 5.54 Å². The van der Waals surface area contributed by atoms with E-state index in [1.807, 2.05) is 43.3 Å². The van der Waals surface area contributed by atoms with Crippen molar-refractivity contribution in [3.63, 3.8) is 0 Å². The van der Waals surface area contributed by atoms with Crippen molar-refractivity contribution in [3.05, 3.63) is 88.9 Å². The minimum atomic E-state index is -1.17. The Morgan fingerprint density at radius 2 is 1.70 bits per heavy atom. The van der Waals surface area contributed by atoms with E-state index in [2.05, 4.69) is 5.32 Å². The van der Waals surface area contributed by atoms with E-state index >= 15 is 0 Å². The third-order valence-electron chi connectivity index (χ3n) is 5.46. The van der Waals surface area contributed by atoms with E-state index in [4.69, 9.17) is 16.3 Å². The van der Waals surface area contributed by atoms with Crippen molar-refractivity contribution in [1.82, 2.24) is 0 Å². The Kier molecular flexibility index (Phi) is 5.22. The number of nitrogens with one attached hydrogen (secondary N) is 1. The number of benzene rings is 3. The molecule has 1 saturated heterocycles. The summed E-state index contributed by atoms with van der Waals surface area (Å²) in [5, 5.41) is 3.58. The van der Waals surface area contributed by atoms with Gasteiger partial charge in [-0.2, -0.15) is 0 Å². The van der Waals surface area contributed by atoms with Crippen LogP contribution < -0.4 is 15.0 Å². The summed E-state index contributed by atoms with van der Waals surface area (Å²) in [4.78, 5) is 27.9. The van der Waals surface area contributed by atoms with Gasteiger partial charge in [0.2, 0.25) is 5.91 Å². The first kappa shape index (κ1) is 20.0. The quantitative estimate of drug-likeness (QED) is 0.595. The van der Waals surface area contributed by atoms with Gasteiger partial charge >= 0.3 is 0 Å². The lowest BCUT2D eigenvalue weighted by atomic mass is 9.76. The second-order valence-corrected chi connectivity index (χ2v) is 7.68. The molecule has 152 valence electrons. The van der Waals surface area contributed by atoms with Crippen LogP contribution in [0.15, 0.2) is 72.8 Å². The number of para-hydroxylation sites is 1. The maximum Gasteiger partial charge on any atom is 0.255 e. The van der Waals surface area contributed by atoms with Crippen LogP contribution in [0.1, 0.15) is 17.5 Å². The van der Waals surface area contributed by atoms with E-state index in [9.17, 15) is 9.59 Å². The van der Waals surface area contributed by atoms with Crippen molar-refractivity contribution in [2.45, 2.75) is 18.9 Å². The van der Waals surface area contributed by atoms with Gasteiger partial charge in [-0.15, -0.1) is 0 Å². The van der Waals surface area contributed by atoms with Gasteiger partial charge in [0.1, 0.15) is 5.75 Å². The number of amides is 2. The number of hydrogen-bond donors (Lipinski definition) is 1. The Balaban J connectivity index is 1.80. The lowest BCUT2D eigenvalue weighted by molar-refractivity contribution is -0.137. The van der Waals surface area contributed by atoms with E-state index in [0.717, 1.165) is 5.56 Å². The fourth-order valence-corrected chi connectivity index (χ4v) is 3.93. The minimum Gasteiger partial charge on any atom is -0.497 e. The van der Waals surface area contributed by atoms with Gasteiger partial charge in [0.05, 0.1) is 13.5 Å². The Morgan fingerprint density at radius 3 is 2.30 bits per heavy atom. The van der Waals surface area contributed by atoms with Crippen molar-refractivity contribution in [1.29, 1.82) is 0 Å². The Hall–Kier alpha value is -3.31. The fourth-order valence-electron chi connectivity index (χ4n) is 3.80. The molecule has 3 aromatic rings. The van der Waals surface area contributed by atoms with Crippen LogP contribution in [0.5, 0.6) is 5.75 Å². The topological polar surface area (TPSA) is 58.6 Å². The van der Waals surface area contributed by atoms with Crippen molar-refractivity contribution in [2.24, 2.45) is 0 Å². The molecule has 1 aliphatic heterocycles.